The fourth-order valence-electron chi connectivity index (χ4n) is 11.9. The van der Waals surface area contributed by atoms with E-state index >= 15 is 0 Å². The Balaban J connectivity index is 0.000000196. The van der Waals surface area contributed by atoms with Crippen molar-refractivity contribution in [3.05, 3.63) is 299 Å². The molecule has 0 bridgehead atoms. The lowest BCUT2D eigenvalue weighted by atomic mass is 10.1. The van der Waals surface area contributed by atoms with Crippen LogP contribution in [0.1, 0.15) is 84.5 Å². The average molecular weight is 2280 g/mol. The van der Waals surface area contributed by atoms with Crippen LogP contribution < -0.4 is 99.7 Å². The fraction of sp³-hybridized carbons (Fsp3) is 0.161. The summed E-state index contributed by atoms with van der Waals surface area (Å²) in [6.45, 7) is 10.9. The van der Waals surface area contributed by atoms with Gasteiger partial charge in [-0.2, -0.15) is 0 Å². The summed E-state index contributed by atoms with van der Waals surface area (Å²) in [4.78, 5) is 112. The van der Waals surface area contributed by atoms with Crippen molar-refractivity contribution in [3.8, 4) is 46.0 Å². The summed E-state index contributed by atoms with van der Waals surface area (Å²) in [6.07, 6.45) is 0. The Morgan fingerprint density at radius 2 is 0.608 bits per heavy atom. The van der Waals surface area contributed by atoms with Crippen molar-refractivity contribution < 1.29 is 81.7 Å². The number of pyridine rings is 4. The van der Waals surface area contributed by atoms with Gasteiger partial charge in [-0.25, -0.2) is 38.8 Å². The van der Waals surface area contributed by atoms with Gasteiger partial charge in [0.1, 0.15) is 121 Å². The molecule has 32 nitrogen and oxygen atoms in total. The minimum atomic E-state index is -3.55. The Bertz CT molecular complexity index is 7010. The van der Waals surface area contributed by atoms with Gasteiger partial charge in [-0.1, -0.05) is 24.3 Å². The normalized spacial score (nSPS) is 10.9. The SMILES string of the molecule is CC(=O)Nc1cccc(Oc2cc(=O)n(C)c(Nc3ccc(I)cc3F)c2C(N)=O)c1C.CCS(=O)(=O)Nc1cccc(Oc2cc(=O)n(C)c(Nc3ccc(I)cc3F)c2C(=O)NC)c1C.CCS(=O)(=O)Nc1cccc(Oc2cc(=O)n(C)c(Nc3ccc(I)cc3F)c2C(N)=O)c1C.Cc1c(F)cccc1Oc1cc(=O)n(C)c(Nc2ccc(I)cc2F)c1C(N)=O. The molecule has 0 aliphatic heterocycles. The van der Waals surface area contributed by atoms with E-state index in [0.29, 0.717) is 48.1 Å². The van der Waals surface area contributed by atoms with E-state index in [2.05, 4.69) is 41.3 Å². The predicted octanol–water partition coefficient (Wildman–Crippen LogP) is 16.2. The van der Waals surface area contributed by atoms with Crippen molar-refractivity contribution in [2.75, 3.05) is 54.6 Å². The highest BCUT2D eigenvalue weighted by Gasteiger charge is 2.29. The molecule has 0 aliphatic carbocycles. The highest BCUT2D eigenvalue weighted by atomic mass is 127. The van der Waals surface area contributed by atoms with Gasteiger partial charge in [0, 0.05) is 109 Å². The van der Waals surface area contributed by atoms with Crippen molar-refractivity contribution in [2.45, 2.75) is 48.5 Å². The minimum Gasteiger partial charge on any atom is -0.456 e. The molecular formula is C87H82F5I4N15O17S2. The van der Waals surface area contributed by atoms with Crippen molar-refractivity contribution in [1.82, 2.24) is 23.6 Å². The maximum atomic E-state index is 14.5. The first-order chi connectivity index (χ1) is 61.2. The van der Waals surface area contributed by atoms with Crippen LogP contribution in [0.2, 0.25) is 0 Å². The van der Waals surface area contributed by atoms with E-state index in [4.69, 9.17) is 36.1 Å². The predicted molar refractivity (Wildman–Crippen MR) is 521 cm³/mol. The van der Waals surface area contributed by atoms with Gasteiger partial charge < -0.3 is 68.0 Å². The Hall–Kier alpha value is -12.6. The van der Waals surface area contributed by atoms with Crippen LogP contribution in [0.4, 0.5) is 85.0 Å². The van der Waals surface area contributed by atoms with E-state index in [-0.39, 0.29) is 137 Å². The van der Waals surface area contributed by atoms with Gasteiger partial charge >= 0.3 is 0 Å². The number of anilines is 11. The Morgan fingerprint density at radius 1 is 0.354 bits per heavy atom. The number of amides is 5. The van der Waals surface area contributed by atoms with E-state index in [1.165, 1.54) is 134 Å². The molecule has 12 aromatic rings. The molecule has 5 amide bonds. The van der Waals surface area contributed by atoms with Crippen LogP contribution in [0.3, 0.4) is 0 Å². The zero-order valence-electron chi connectivity index (χ0n) is 70.8. The summed E-state index contributed by atoms with van der Waals surface area (Å²) in [5.41, 5.74) is 17.1. The van der Waals surface area contributed by atoms with Crippen LogP contribution in [0.5, 0.6) is 46.0 Å². The molecule has 0 saturated heterocycles. The summed E-state index contributed by atoms with van der Waals surface area (Å²) in [5, 5.41) is 16.3. The largest absolute Gasteiger partial charge is 0.456 e. The molecule has 0 spiro atoms. The molecule has 0 radical (unpaired) electrons. The molecule has 0 aliphatic rings. The highest BCUT2D eigenvalue weighted by Crippen LogP contribution is 2.41. The van der Waals surface area contributed by atoms with Gasteiger partial charge in [0.2, 0.25) is 26.0 Å². The first-order valence-corrected chi connectivity index (χ1v) is 45.8. The average Bonchev–Trinajstić information content (AvgIpc) is 0.788. The third kappa shape index (κ3) is 25.1. The Morgan fingerprint density at radius 3 is 0.869 bits per heavy atom. The van der Waals surface area contributed by atoms with Gasteiger partial charge in [-0.15, -0.1) is 0 Å². The quantitative estimate of drug-likeness (QED) is 0.0168. The number of hydrogen-bond acceptors (Lipinski definition) is 21. The van der Waals surface area contributed by atoms with E-state index in [1.54, 1.807) is 99.6 Å². The molecule has 682 valence electrons. The smallest absolute Gasteiger partial charge is 0.258 e. The number of benzene rings is 8. The molecule has 0 saturated carbocycles. The molecule has 0 atom stereocenters. The summed E-state index contributed by atoms with van der Waals surface area (Å²) < 4.78 is 155. The first-order valence-electron chi connectivity index (χ1n) is 38.2. The Kier molecular flexibility index (Phi) is 34.0. The maximum absolute atomic E-state index is 14.5. The van der Waals surface area contributed by atoms with Crippen LogP contribution in [-0.2, 0) is 53.0 Å². The van der Waals surface area contributed by atoms with E-state index in [1.807, 2.05) is 90.4 Å². The lowest BCUT2D eigenvalue weighted by Gasteiger charge is -2.20. The summed E-state index contributed by atoms with van der Waals surface area (Å²) in [6, 6.07) is 40.7. The molecule has 130 heavy (non-hydrogen) atoms. The highest BCUT2D eigenvalue weighted by molar-refractivity contribution is 14.1. The summed E-state index contributed by atoms with van der Waals surface area (Å²) in [7, 11) is -0.00423. The van der Waals surface area contributed by atoms with Crippen LogP contribution in [-0.4, -0.2) is 83.2 Å². The Labute approximate surface area is 794 Å². The van der Waals surface area contributed by atoms with Gasteiger partial charge in [0.15, 0.2) is 0 Å². The zero-order valence-corrected chi connectivity index (χ0v) is 81.0. The van der Waals surface area contributed by atoms with Crippen LogP contribution >= 0.6 is 90.4 Å². The monoisotopic (exact) mass is 2280 g/mol. The molecule has 8 aromatic carbocycles. The summed E-state index contributed by atoms with van der Waals surface area (Å²) >= 11 is 7.86. The van der Waals surface area contributed by atoms with Gasteiger partial charge in [0.25, 0.3) is 45.9 Å². The second-order valence-electron chi connectivity index (χ2n) is 27.9. The molecule has 43 heteroatoms. The summed E-state index contributed by atoms with van der Waals surface area (Å²) in [5.74, 6) is -6.35. The molecule has 14 N–H and O–H groups in total. The van der Waals surface area contributed by atoms with Gasteiger partial charge in [0.05, 0.1) is 45.6 Å². The number of ether oxygens (including phenoxy) is 4. The van der Waals surface area contributed by atoms with Crippen molar-refractivity contribution in [1.29, 1.82) is 0 Å². The number of sulfonamides is 2. The number of carbonyl (C=O) groups is 5. The number of hydrogen-bond donors (Lipinski definition) is 11. The second-order valence-corrected chi connectivity index (χ2v) is 36.9. The lowest BCUT2D eigenvalue weighted by Crippen LogP contribution is -2.27. The van der Waals surface area contributed by atoms with Crippen molar-refractivity contribution in [3.63, 3.8) is 0 Å². The van der Waals surface area contributed by atoms with E-state index in [9.17, 15) is 81.9 Å². The second kappa shape index (κ2) is 43.7. The lowest BCUT2D eigenvalue weighted by molar-refractivity contribution is -0.114. The third-order valence-corrected chi connectivity index (χ3v) is 24.4. The van der Waals surface area contributed by atoms with Crippen LogP contribution in [0.25, 0.3) is 0 Å². The third-order valence-electron chi connectivity index (χ3n) is 19.1. The molecule has 0 fully saturated rings. The van der Waals surface area contributed by atoms with Gasteiger partial charge in [-0.3, -0.25) is 70.9 Å². The van der Waals surface area contributed by atoms with E-state index < -0.39 is 95.0 Å². The number of nitrogens with one attached hydrogen (secondary N) is 8. The maximum Gasteiger partial charge on any atom is 0.258 e. The zero-order chi connectivity index (χ0) is 96.0. The minimum absolute atomic E-state index is 0.0178. The number of primary amides is 3. The molecule has 4 heterocycles. The first kappa shape index (κ1) is 101. The number of nitrogens with two attached hydrogens (primary N) is 3. The van der Waals surface area contributed by atoms with E-state index in [0.717, 1.165) is 38.0 Å². The number of rotatable bonds is 27. The van der Waals surface area contributed by atoms with Crippen LogP contribution in [0.15, 0.2) is 189 Å². The molecule has 0 unspecified atom stereocenters. The van der Waals surface area contributed by atoms with Gasteiger partial charge in [-0.05, 0) is 253 Å². The number of halogens is 9. The molecule has 12 rings (SSSR count). The van der Waals surface area contributed by atoms with Crippen molar-refractivity contribution in [2.24, 2.45) is 45.4 Å². The molecular weight excluding hydrogens is 2190 g/mol. The number of carbonyl (C=O) groups excluding carboxylic acids is 5. The molecule has 4 aromatic heterocycles. The van der Waals surface area contributed by atoms with Crippen molar-refractivity contribution >= 4 is 203 Å². The topological polar surface area (TPSA) is 453 Å². The standard InChI is InChI=1S/C23H24FIN4O5S.C22H22FIN4O5S.C22H20FIN4O4.C20H16F2IN3O3/c1-5-35(32,33)28-16-7-6-8-18(13(16)2)34-19-12-20(30)29(4)22(21(19)23(31)26-3)27-17-10-9-14(25)11-15(17)24;1-4-34(31,32)27-15-6-5-7-17(12(15)2)33-18-11-19(29)28(3)22(20(18)21(25)30)26-16-9-8-13(24)10-14(16)23;1-11-15(26-12(2)29)5-4-6-17(11)32-18-10-19(30)28(3)22(20(18)21(25)31)27-16-8-7-13(24)9-14(16)23;1-10-12(21)4-3-5-15(10)29-16-9-17(27)26(2)20(18(16)19(24)28)25-14-7-6-11(23)8-13(14)22/h6-12,27-28H,5H2,1-4H3,(H,26,31);5-11,26-27H,4H2,1-3H3,(H2,25,30);4-10,27H,1-3H3,(H2,25,31)(H,26,29);3-9,25H,1-2H3,(H2,24,28). The fourth-order valence-corrected chi connectivity index (χ4v) is 15.1. The number of nitrogens with zero attached hydrogens (tertiary/aromatic N) is 4. The van der Waals surface area contributed by atoms with Crippen LogP contribution in [0, 0.1) is 71.1 Å². The number of aromatic nitrogens is 4.